The summed E-state index contributed by atoms with van der Waals surface area (Å²) in [4.78, 5) is 30.2. The molecule has 2 amide bonds. The summed E-state index contributed by atoms with van der Waals surface area (Å²) in [6.45, 7) is 7.88. The second kappa shape index (κ2) is 10.3. The number of benzene rings is 1. The number of ether oxygens (including phenoxy) is 1. The molecule has 0 radical (unpaired) electrons. The van der Waals surface area contributed by atoms with Crippen LogP contribution in [0.4, 0.5) is 0 Å². The Morgan fingerprint density at radius 2 is 2.07 bits per heavy atom. The minimum atomic E-state index is -0.168. The van der Waals surface area contributed by atoms with E-state index in [4.69, 9.17) is 9.26 Å². The summed E-state index contributed by atoms with van der Waals surface area (Å²) >= 11 is 0. The predicted molar refractivity (Wildman–Crippen MR) is 112 cm³/mol. The van der Waals surface area contributed by atoms with E-state index in [1.54, 1.807) is 0 Å². The van der Waals surface area contributed by atoms with Crippen LogP contribution < -0.4 is 5.32 Å². The van der Waals surface area contributed by atoms with Crippen LogP contribution in [-0.2, 0) is 20.7 Å². The van der Waals surface area contributed by atoms with E-state index in [0.717, 1.165) is 5.56 Å². The molecule has 2 aromatic rings. The van der Waals surface area contributed by atoms with E-state index in [2.05, 4.69) is 29.3 Å². The van der Waals surface area contributed by atoms with Crippen LogP contribution in [0.25, 0.3) is 11.4 Å². The van der Waals surface area contributed by atoms with Crippen molar-refractivity contribution in [2.24, 2.45) is 5.92 Å². The zero-order valence-electron chi connectivity index (χ0n) is 17.9. The van der Waals surface area contributed by atoms with Crippen LogP contribution in [0.1, 0.15) is 38.1 Å². The molecule has 3 rings (SSSR count). The highest BCUT2D eigenvalue weighted by atomic mass is 16.5. The van der Waals surface area contributed by atoms with E-state index in [9.17, 15) is 9.59 Å². The molecule has 162 valence electrons. The molecule has 8 nitrogen and oxygen atoms in total. The van der Waals surface area contributed by atoms with Gasteiger partial charge in [-0.1, -0.05) is 48.8 Å². The van der Waals surface area contributed by atoms with Crippen LogP contribution >= 0.6 is 0 Å². The number of rotatable bonds is 9. The first-order valence-electron chi connectivity index (χ1n) is 10.5. The summed E-state index contributed by atoms with van der Waals surface area (Å²) < 4.78 is 10.8. The molecule has 0 spiro atoms. The lowest BCUT2D eigenvalue weighted by atomic mass is 10.1. The van der Waals surface area contributed by atoms with Gasteiger partial charge in [0.1, 0.15) is 6.61 Å². The van der Waals surface area contributed by atoms with E-state index in [-0.39, 0.29) is 24.5 Å². The molecule has 1 aromatic heterocycles. The molecule has 0 aliphatic carbocycles. The second-order valence-electron chi connectivity index (χ2n) is 8.16. The van der Waals surface area contributed by atoms with Gasteiger partial charge < -0.3 is 19.5 Å². The van der Waals surface area contributed by atoms with Gasteiger partial charge in [-0.25, -0.2) is 0 Å². The van der Waals surface area contributed by atoms with Gasteiger partial charge in [0.15, 0.2) is 0 Å². The largest absolute Gasteiger partial charge is 0.365 e. The summed E-state index contributed by atoms with van der Waals surface area (Å²) in [6.07, 6.45) is 1.36. The SMILES string of the molecule is Cc1ccc(-c2noc(CCCC(=O)NCC3CN(CC(C)C)C(=O)CO3)n2)cc1. The fraction of sp³-hybridized carbons (Fsp3) is 0.545. The number of nitrogens with zero attached hydrogens (tertiary/aromatic N) is 3. The minimum Gasteiger partial charge on any atom is -0.365 e. The average Bonchev–Trinajstić information content (AvgIpc) is 3.17. The summed E-state index contributed by atoms with van der Waals surface area (Å²) in [5, 5.41) is 6.90. The molecule has 1 aromatic carbocycles. The Balaban J connectivity index is 1.37. The van der Waals surface area contributed by atoms with Crippen LogP contribution in [-0.4, -0.2) is 59.2 Å². The quantitative estimate of drug-likeness (QED) is 0.677. The molecule has 8 heteroatoms. The van der Waals surface area contributed by atoms with Crippen LogP contribution in [0.3, 0.4) is 0 Å². The molecule has 0 saturated carbocycles. The fourth-order valence-corrected chi connectivity index (χ4v) is 3.31. The first-order valence-corrected chi connectivity index (χ1v) is 10.5. The maximum absolute atomic E-state index is 12.1. The topological polar surface area (TPSA) is 97.6 Å². The van der Waals surface area contributed by atoms with Crippen molar-refractivity contribution in [2.75, 3.05) is 26.2 Å². The highest BCUT2D eigenvalue weighted by Crippen LogP contribution is 2.17. The first kappa shape index (κ1) is 22.0. The summed E-state index contributed by atoms with van der Waals surface area (Å²) in [6, 6.07) is 7.93. The molecule has 1 aliphatic heterocycles. The predicted octanol–water partition coefficient (Wildman–Crippen LogP) is 2.37. The van der Waals surface area contributed by atoms with Gasteiger partial charge in [-0.2, -0.15) is 4.98 Å². The van der Waals surface area contributed by atoms with Gasteiger partial charge in [0, 0.05) is 38.0 Å². The maximum Gasteiger partial charge on any atom is 0.248 e. The van der Waals surface area contributed by atoms with Gasteiger partial charge in [0.25, 0.3) is 0 Å². The number of morpholine rings is 1. The van der Waals surface area contributed by atoms with Crippen LogP contribution in [0, 0.1) is 12.8 Å². The number of carbonyl (C=O) groups is 2. The Labute approximate surface area is 177 Å². The van der Waals surface area contributed by atoms with Crippen molar-refractivity contribution in [3.63, 3.8) is 0 Å². The zero-order valence-corrected chi connectivity index (χ0v) is 17.9. The zero-order chi connectivity index (χ0) is 21.5. The van der Waals surface area contributed by atoms with Crippen LogP contribution in [0.2, 0.25) is 0 Å². The molecule has 2 heterocycles. The van der Waals surface area contributed by atoms with Crippen molar-refractivity contribution in [3.05, 3.63) is 35.7 Å². The summed E-state index contributed by atoms with van der Waals surface area (Å²) in [5.74, 6) is 1.44. The molecule has 1 unspecified atom stereocenters. The van der Waals surface area contributed by atoms with Gasteiger partial charge >= 0.3 is 0 Å². The van der Waals surface area contributed by atoms with Gasteiger partial charge in [-0.15, -0.1) is 0 Å². The number of amides is 2. The Morgan fingerprint density at radius 3 is 2.80 bits per heavy atom. The number of carbonyl (C=O) groups excluding carboxylic acids is 2. The lowest BCUT2D eigenvalue weighted by Gasteiger charge is -2.33. The molecular formula is C22H30N4O4. The van der Waals surface area contributed by atoms with Crippen molar-refractivity contribution < 1.29 is 18.8 Å². The third kappa shape index (κ3) is 6.38. The Hall–Kier alpha value is -2.74. The van der Waals surface area contributed by atoms with E-state index >= 15 is 0 Å². The smallest absolute Gasteiger partial charge is 0.248 e. The van der Waals surface area contributed by atoms with E-state index in [0.29, 0.717) is 56.5 Å². The second-order valence-corrected chi connectivity index (χ2v) is 8.16. The lowest BCUT2D eigenvalue weighted by Crippen LogP contribution is -2.51. The average molecular weight is 415 g/mol. The first-order chi connectivity index (χ1) is 14.4. The monoisotopic (exact) mass is 414 g/mol. The Bertz CT molecular complexity index is 847. The van der Waals surface area contributed by atoms with Crippen molar-refractivity contribution in [1.82, 2.24) is 20.4 Å². The number of aryl methyl sites for hydroxylation is 2. The number of aromatic nitrogens is 2. The highest BCUT2D eigenvalue weighted by molar-refractivity contribution is 5.78. The molecular weight excluding hydrogens is 384 g/mol. The van der Waals surface area contributed by atoms with Gasteiger partial charge in [0.2, 0.25) is 23.5 Å². The number of hydrogen-bond acceptors (Lipinski definition) is 6. The fourth-order valence-electron chi connectivity index (χ4n) is 3.31. The third-order valence-electron chi connectivity index (χ3n) is 4.90. The van der Waals surface area contributed by atoms with E-state index < -0.39 is 0 Å². The summed E-state index contributed by atoms with van der Waals surface area (Å²) in [5.41, 5.74) is 2.08. The molecule has 30 heavy (non-hydrogen) atoms. The van der Waals surface area contributed by atoms with Gasteiger partial charge in [-0.05, 0) is 19.3 Å². The van der Waals surface area contributed by atoms with Gasteiger partial charge in [-0.3, -0.25) is 9.59 Å². The normalized spacial score (nSPS) is 16.9. The van der Waals surface area contributed by atoms with Crippen LogP contribution in [0.5, 0.6) is 0 Å². The maximum atomic E-state index is 12.1. The van der Waals surface area contributed by atoms with Crippen molar-refractivity contribution in [2.45, 2.75) is 46.1 Å². The van der Waals surface area contributed by atoms with Crippen molar-refractivity contribution >= 4 is 11.8 Å². The standard InChI is InChI=1S/C22H30N4O4/c1-15(2)12-26-13-18(29-14-21(26)28)11-23-19(27)5-4-6-20-24-22(25-30-20)17-9-7-16(3)8-10-17/h7-10,15,18H,4-6,11-14H2,1-3H3,(H,23,27). The third-order valence-corrected chi connectivity index (χ3v) is 4.90. The summed E-state index contributed by atoms with van der Waals surface area (Å²) in [7, 11) is 0. The van der Waals surface area contributed by atoms with Crippen molar-refractivity contribution in [3.8, 4) is 11.4 Å². The van der Waals surface area contributed by atoms with Crippen LogP contribution in [0.15, 0.2) is 28.8 Å². The number of hydrogen-bond donors (Lipinski definition) is 1. The molecule has 1 atom stereocenters. The molecule has 1 N–H and O–H groups in total. The highest BCUT2D eigenvalue weighted by Gasteiger charge is 2.26. The van der Waals surface area contributed by atoms with E-state index in [1.807, 2.05) is 36.1 Å². The molecule has 1 saturated heterocycles. The molecule has 0 bridgehead atoms. The lowest BCUT2D eigenvalue weighted by molar-refractivity contribution is -0.149. The Kier molecular flexibility index (Phi) is 7.57. The van der Waals surface area contributed by atoms with Crippen molar-refractivity contribution in [1.29, 1.82) is 0 Å². The van der Waals surface area contributed by atoms with E-state index in [1.165, 1.54) is 5.56 Å². The van der Waals surface area contributed by atoms with Gasteiger partial charge in [0.05, 0.1) is 6.10 Å². The number of nitrogens with one attached hydrogen (secondary N) is 1. The minimum absolute atomic E-state index is 0.0100. The molecule has 1 fully saturated rings. The Morgan fingerprint density at radius 1 is 1.30 bits per heavy atom. The molecule has 1 aliphatic rings.